The van der Waals surface area contributed by atoms with Crippen molar-refractivity contribution in [2.45, 2.75) is 20.4 Å². The molecule has 6 heteroatoms. The summed E-state index contributed by atoms with van der Waals surface area (Å²) in [4.78, 5) is 23.9. The molecule has 2 heterocycles. The predicted molar refractivity (Wildman–Crippen MR) is 116 cm³/mol. The monoisotopic (exact) mass is 403 g/mol. The predicted octanol–water partition coefficient (Wildman–Crippen LogP) is 4.92. The van der Waals surface area contributed by atoms with E-state index in [4.69, 9.17) is 9.72 Å². The van der Waals surface area contributed by atoms with E-state index in [2.05, 4.69) is 4.98 Å². The molecule has 0 saturated carbocycles. The third-order valence-electron chi connectivity index (χ3n) is 4.54. The van der Waals surface area contributed by atoms with Gasteiger partial charge in [-0.05, 0) is 55.3 Å². The second-order valence-corrected chi connectivity index (χ2v) is 7.83. The zero-order valence-corrected chi connectivity index (χ0v) is 17.1. The van der Waals surface area contributed by atoms with Crippen LogP contribution in [0.3, 0.4) is 0 Å². The first-order valence-corrected chi connectivity index (χ1v) is 10.2. The number of nitrogens with zero attached hydrogens (tertiary/aromatic N) is 3. The molecule has 4 rings (SSSR count). The number of amides is 1. The summed E-state index contributed by atoms with van der Waals surface area (Å²) in [5, 5.41) is 0.651. The normalized spacial score (nSPS) is 10.8. The molecule has 0 N–H and O–H groups in total. The maximum absolute atomic E-state index is 13.1. The molecule has 29 heavy (non-hydrogen) atoms. The highest BCUT2D eigenvalue weighted by atomic mass is 32.1. The van der Waals surface area contributed by atoms with E-state index in [1.807, 2.05) is 74.5 Å². The Bertz CT molecular complexity index is 1140. The van der Waals surface area contributed by atoms with Gasteiger partial charge in [-0.1, -0.05) is 41.7 Å². The number of benzene rings is 2. The molecule has 0 atom stereocenters. The molecule has 0 bridgehead atoms. The standard InChI is InChI=1S/C23H21N3O2S/c1-16-7-5-10-19(13-16)28-15-21(27)26(14-18-9-3-4-12-24-18)23-25-22-17(2)8-6-11-20(22)29-23/h3-13H,14-15H2,1-2H3. The summed E-state index contributed by atoms with van der Waals surface area (Å²) >= 11 is 1.50. The lowest BCUT2D eigenvalue weighted by atomic mass is 10.2. The van der Waals surface area contributed by atoms with Crippen LogP contribution in [0.2, 0.25) is 0 Å². The number of aryl methyl sites for hydroxylation is 2. The Kier molecular flexibility index (Phi) is 5.53. The molecule has 0 aliphatic carbocycles. The highest BCUT2D eigenvalue weighted by Crippen LogP contribution is 2.31. The van der Waals surface area contributed by atoms with Crippen LogP contribution in [0.25, 0.3) is 10.2 Å². The first kappa shape index (κ1) is 19.1. The van der Waals surface area contributed by atoms with E-state index in [0.717, 1.165) is 27.0 Å². The minimum Gasteiger partial charge on any atom is -0.484 e. The number of hydrogen-bond acceptors (Lipinski definition) is 5. The number of ether oxygens (including phenoxy) is 1. The molecular weight excluding hydrogens is 382 g/mol. The summed E-state index contributed by atoms with van der Waals surface area (Å²) in [5.41, 5.74) is 3.89. The number of thiazole rings is 1. The summed E-state index contributed by atoms with van der Waals surface area (Å²) in [6, 6.07) is 19.4. The van der Waals surface area contributed by atoms with Gasteiger partial charge in [-0.2, -0.15) is 0 Å². The fraction of sp³-hybridized carbons (Fsp3) is 0.174. The fourth-order valence-electron chi connectivity index (χ4n) is 3.03. The summed E-state index contributed by atoms with van der Waals surface area (Å²) in [6.07, 6.45) is 1.73. The molecule has 1 amide bonds. The largest absolute Gasteiger partial charge is 0.484 e. The molecule has 0 aliphatic rings. The van der Waals surface area contributed by atoms with E-state index < -0.39 is 0 Å². The number of fused-ring (bicyclic) bond motifs is 1. The van der Waals surface area contributed by atoms with Crippen molar-refractivity contribution < 1.29 is 9.53 Å². The van der Waals surface area contributed by atoms with Gasteiger partial charge in [0.1, 0.15) is 5.75 Å². The molecule has 0 spiro atoms. The Morgan fingerprint density at radius 2 is 1.93 bits per heavy atom. The van der Waals surface area contributed by atoms with E-state index in [0.29, 0.717) is 17.4 Å². The number of anilines is 1. The Labute approximate surface area is 173 Å². The van der Waals surface area contributed by atoms with Gasteiger partial charge in [-0.3, -0.25) is 14.7 Å². The zero-order chi connectivity index (χ0) is 20.2. The Hall–Kier alpha value is -3.25. The number of para-hydroxylation sites is 1. The highest BCUT2D eigenvalue weighted by molar-refractivity contribution is 7.22. The average molecular weight is 404 g/mol. The van der Waals surface area contributed by atoms with Crippen molar-refractivity contribution in [2.75, 3.05) is 11.5 Å². The zero-order valence-electron chi connectivity index (χ0n) is 16.3. The van der Waals surface area contributed by atoms with E-state index in [1.54, 1.807) is 11.1 Å². The highest BCUT2D eigenvalue weighted by Gasteiger charge is 2.21. The topological polar surface area (TPSA) is 55.3 Å². The van der Waals surface area contributed by atoms with Crippen LogP contribution in [0.5, 0.6) is 5.75 Å². The summed E-state index contributed by atoms with van der Waals surface area (Å²) < 4.78 is 6.81. The maximum Gasteiger partial charge on any atom is 0.267 e. The smallest absolute Gasteiger partial charge is 0.267 e. The van der Waals surface area contributed by atoms with Crippen molar-refractivity contribution in [3.05, 3.63) is 83.7 Å². The van der Waals surface area contributed by atoms with E-state index >= 15 is 0 Å². The van der Waals surface area contributed by atoms with Gasteiger partial charge in [0.25, 0.3) is 5.91 Å². The van der Waals surface area contributed by atoms with E-state index in [-0.39, 0.29) is 12.5 Å². The maximum atomic E-state index is 13.1. The van der Waals surface area contributed by atoms with Gasteiger partial charge < -0.3 is 4.74 Å². The quantitative estimate of drug-likeness (QED) is 0.458. The SMILES string of the molecule is Cc1cccc(OCC(=O)N(Cc2ccccn2)c2nc3c(C)cccc3s2)c1. The molecule has 0 radical (unpaired) electrons. The van der Waals surface area contributed by atoms with Crippen molar-refractivity contribution in [1.29, 1.82) is 0 Å². The third kappa shape index (κ3) is 4.43. The van der Waals surface area contributed by atoms with Crippen LogP contribution in [0.4, 0.5) is 5.13 Å². The molecule has 2 aromatic carbocycles. The Morgan fingerprint density at radius 3 is 2.69 bits per heavy atom. The minimum absolute atomic E-state index is 0.0643. The van der Waals surface area contributed by atoms with Gasteiger partial charge in [0.15, 0.2) is 11.7 Å². The summed E-state index contributed by atoms with van der Waals surface area (Å²) in [7, 11) is 0. The van der Waals surface area contributed by atoms with Crippen molar-refractivity contribution in [3.8, 4) is 5.75 Å². The summed E-state index contributed by atoms with van der Waals surface area (Å²) in [5.74, 6) is 0.519. The number of hydrogen-bond donors (Lipinski definition) is 0. The Morgan fingerprint density at radius 1 is 1.07 bits per heavy atom. The van der Waals surface area contributed by atoms with Gasteiger partial charge in [0.05, 0.1) is 22.5 Å². The van der Waals surface area contributed by atoms with Crippen LogP contribution in [0, 0.1) is 13.8 Å². The van der Waals surface area contributed by atoms with Crippen LogP contribution in [0.15, 0.2) is 66.9 Å². The van der Waals surface area contributed by atoms with Crippen LogP contribution in [0.1, 0.15) is 16.8 Å². The molecule has 0 saturated heterocycles. The van der Waals surface area contributed by atoms with Crippen LogP contribution in [-0.4, -0.2) is 22.5 Å². The molecule has 5 nitrogen and oxygen atoms in total. The first-order valence-electron chi connectivity index (χ1n) is 9.36. The van der Waals surface area contributed by atoms with Crippen molar-refractivity contribution in [3.63, 3.8) is 0 Å². The molecule has 4 aromatic rings. The molecule has 0 unspecified atom stereocenters. The van der Waals surface area contributed by atoms with Crippen LogP contribution in [-0.2, 0) is 11.3 Å². The number of rotatable bonds is 6. The van der Waals surface area contributed by atoms with E-state index in [1.165, 1.54) is 11.3 Å². The van der Waals surface area contributed by atoms with Gasteiger partial charge in [-0.25, -0.2) is 4.98 Å². The number of aromatic nitrogens is 2. The number of pyridine rings is 1. The van der Waals surface area contributed by atoms with Gasteiger partial charge >= 0.3 is 0 Å². The lowest BCUT2D eigenvalue weighted by Gasteiger charge is -2.19. The molecular formula is C23H21N3O2S. The average Bonchev–Trinajstić information content (AvgIpc) is 3.16. The number of carbonyl (C=O) groups is 1. The van der Waals surface area contributed by atoms with Crippen molar-refractivity contribution in [2.24, 2.45) is 0 Å². The number of carbonyl (C=O) groups excluding carboxylic acids is 1. The van der Waals surface area contributed by atoms with E-state index in [9.17, 15) is 4.79 Å². The second kappa shape index (κ2) is 8.41. The molecule has 0 aliphatic heterocycles. The third-order valence-corrected chi connectivity index (χ3v) is 5.58. The fourth-order valence-corrected chi connectivity index (χ4v) is 4.09. The van der Waals surface area contributed by atoms with Crippen molar-refractivity contribution in [1.82, 2.24) is 9.97 Å². The van der Waals surface area contributed by atoms with Crippen LogP contribution < -0.4 is 9.64 Å². The van der Waals surface area contributed by atoms with Gasteiger partial charge in [-0.15, -0.1) is 0 Å². The van der Waals surface area contributed by atoms with Crippen molar-refractivity contribution >= 4 is 32.6 Å². The molecule has 2 aromatic heterocycles. The Balaban J connectivity index is 1.62. The summed E-state index contributed by atoms with van der Waals surface area (Å²) in [6.45, 7) is 4.30. The first-order chi connectivity index (χ1) is 14.1. The van der Waals surface area contributed by atoms with Gasteiger partial charge in [0.2, 0.25) is 0 Å². The molecule has 146 valence electrons. The second-order valence-electron chi connectivity index (χ2n) is 6.82. The lowest BCUT2D eigenvalue weighted by Crippen LogP contribution is -2.34. The van der Waals surface area contributed by atoms with Gasteiger partial charge in [0, 0.05) is 6.20 Å². The molecule has 0 fully saturated rings. The van der Waals surface area contributed by atoms with Crippen LogP contribution >= 0.6 is 11.3 Å². The lowest BCUT2D eigenvalue weighted by molar-refractivity contribution is -0.120. The minimum atomic E-state index is -0.158.